The van der Waals surface area contributed by atoms with Gasteiger partial charge in [0.2, 0.25) is 5.95 Å². The lowest BCUT2D eigenvalue weighted by Crippen LogP contribution is -2.16. The lowest BCUT2D eigenvalue weighted by atomic mass is 10.1. The maximum atomic E-state index is 6.43. The summed E-state index contributed by atoms with van der Waals surface area (Å²) in [6, 6.07) is 6.93. The molecule has 11 heteroatoms. The Bertz CT molecular complexity index is 1150. The number of nitrogens with one attached hydrogen (secondary N) is 3. The van der Waals surface area contributed by atoms with Gasteiger partial charge in [-0.25, -0.2) is 24.9 Å². The number of aromatic amines is 1. The zero-order valence-corrected chi connectivity index (χ0v) is 17.7. The molecule has 0 unspecified atom stereocenters. The quantitative estimate of drug-likeness (QED) is 0.268. The van der Waals surface area contributed by atoms with Crippen molar-refractivity contribution >= 4 is 46.6 Å². The van der Waals surface area contributed by atoms with Crippen molar-refractivity contribution in [3.63, 3.8) is 0 Å². The fourth-order valence-corrected chi connectivity index (χ4v) is 3.39. The summed E-state index contributed by atoms with van der Waals surface area (Å²) in [5.74, 6) is 1.10. The van der Waals surface area contributed by atoms with E-state index in [1.54, 1.807) is 36.9 Å². The number of imidazole rings is 1. The van der Waals surface area contributed by atoms with E-state index in [4.69, 9.17) is 34.8 Å². The van der Waals surface area contributed by atoms with Crippen molar-refractivity contribution in [2.24, 2.45) is 0 Å². The molecule has 3 aromatic heterocycles. The maximum Gasteiger partial charge on any atom is 0.223 e. The van der Waals surface area contributed by atoms with Crippen LogP contribution < -0.4 is 10.6 Å². The molecule has 0 saturated heterocycles. The van der Waals surface area contributed by atoms with Gasteiger partial charge in [0.1, 0.15) is 17.3 Å². The minimum Gasteiger partial charge on any atom is -0.368 e. The van der Waals surface area contributed by atoms with Crippen LogP contribution in [0.2, 0.25) is 15.2 Å². The zero-order valence-electron chi connectivity index (χ0n) is 15.4. The Morgan fingerprint density at radius 2 is 1.77 bits per heavy atom. The van der Waals surface area contributed by atoms with E-state index in [1.165, 1.54) is 6.33 Å². The number of hydrogen-bond acceptors (Lipinski definition) is 7. The van der Waals surface area contributed by atoms with Crippen LogP contribution in [0.3, 0.4) is 0 Å². The molecule has 0 spiro atoms. The maximum absolute atomic E-state index is 6.43. The molecule has 0 amide bonds. The van der Waals surface area contributed by atoms with Gasteiger partial charge >= 0.3 is 0 Å². The van der Waals surface area contributed by atoms with Gasteiger partial charge in [-0.15, -0.1) is 0 Å². The highest BCUT2D eigenvalue weighted by Gasteiger charge is 2.15. The van der Waals surface area contributed by atoms with Crippen LogP contribution in [0, 0.1) is 0 Å². The number of halogens is 3. The minimum absolute atomic E-state index is 0.377. The number of anilines is 2. The van der Waals surface area contributed by atoms with Crippen LogP contribution in [0.1, 0.15) is 0 Å². The molecule has 0 aliphatic rings. The van der Waals surface area contributed by atoms with Gasteiger partial charge in [-0.05, 0) is 18.2 Å². The number of benzene rings is 1. The Labute approximate surface area is 187 Å². The number of hydrogen-bond donors (Lipinski definition) is 3. The molecule has 0 fully saturated rings. The topological polar surface area (TPSA) is 104 Å². The van der Waals surface area contributed by atoms with E-state index in [9.17, 15) is 0 Å². The molecule has 0 bridgehead atoms. The van der Waals surface area contributed by atoms with Gasteiger partial charge in [0, 0.05) is 41.5 Å². The molecule has 1 aromatic carbocycles. The second kappa shape index (κ2) is 9.25. The molecular formula is C19H15Cl3N8. The van der Waals surface area contributed by atoms with Crippen LogP contribution in [0.25, 0.3) is 22.5 Å². The van der Waals surface area contributed by atoms with E-state index in [0.717, 1.165) is 16.8 Å². The average molecular weight is 462 g/mol. The first-order valence-electron chi connectivity index (χ1n) is 8.86. The van der Waals surface area contributed by atoms with Crippen LogP contribution in [0.15, 0.2) is 49.3 Å². The third-order valence-electron chi connectivity index (χ3n) is 4.11. The summed E-state index contributed by atoms with van der Waals surface area (Å²) in [5, 5.41) is 7.76. The normalized spacial score (nSPS) is 10.8. The van der Waals surface area contributed by atoms with Crippen molar-refractivity contribution < 1.29 is 0 Å². The Hall–Kier alpha value is -2.94. The van der Waals surface area contributed by atoms with Crippen molar-refractivity contribution in [3.05, 3.63) is 64.5 Å². The Morgan fingerprint density at radius 1 is 0.900 bits per heavy atom. The van der Waals surface area contributed by atoms with Gasteiger partial charge in [-0.1, -0.05) is 34.8 Å². The Morgan fingerprint density at radius 3 is 2.53 bits per heavy atom. The van der Waals surface area contributed by atoms with Gasteiger partial charge in [0.15, 0.2) is 0 Å². The molecule has 0 saturated carbocycles. The second-order valence-corrected chi connectivity index (χ2v) is 7.36. The number of H-pyrrole nitrogens is 1. The van der Waals surface area contributed by atoms with Gasteiger partial charge in [-0.2, -0.15) is 0 Å². The minimum atomic E-state index is 0.377. The summed E-state index contributed by atoms with van der Waals surface area (Å²) in [7, 11) is 0. The number of nitrogens with zero attached hydrogens (tertiary/aromatic N) is 5. The van der Waals surface area contributed by atoms with Gasteiger partial charge < -0.3 is 15.6 Å². The molecule has 30 heavy (non-hydrogen) atoms. The van der Waals surface area contributed by atoms with E-state index in [1.807, 2.05) is 6.07 Å². The van der Waals surface area contributed by atoms with Crippen LogP contribution in [0.5, 0.6) is 0 Å². The highest BCUT2D eigenvalue weighted by atomic mass is 35.5. The SMILES string of the molecule is Clc1ccc(-c2nc(NCCNc3cc(Cl)ncn3)ncc2-c2cnc[nH]2)c(Cl)c1. The molecule has 0 aliphatic heterocycles. The van der Waals surface area contributed by atoms with Gasteiger partial charge in [0.05, 0.1) is 28.9 Å². The van der Waals surface area contributed by atoms with Gasteiger partial charge in [-0.3, -0.25) is 0 Å². The molecule has 0 atom stereocenters. The van der Waals surface area contributed by atoms with Gasteiger partial charge in [0.25, 0.3) is 0 Å². The standard InChI is InChI=1S/C19H15Cl3N8/c20-11-1-2-12(14(21)5-11)18-13(15-8-23-9-27-15)7-26-19(30-18)25-4-3-24-17-6-16(22)28-10-29-17/h1-2,5-10H,3-4H2,(H,23,27)(H,24,28,29)(H,25,26,30). The van der Waals surface area contributed by atoms with Crippen LogP contribution in [-0.2, 0) is 0 Å². The molecular weight excluding hydrogens is 447 g/mol. The van der Waals surface area contributed by atoms with Crippen LogP contribution in [0.4, 0.5) is 11.8 Å². The fraction of sp³-hybridized carbons (Fsp3) is 0.105. The highest BCUT2D eigenvalue weighted by molar-refractivity contribution is 6.36. The van der Waals surface area contributed by atoms with Crippen LogP contribution >= 0.6 is 34.8 Å². The monoisotopic (exact) mass is 460 g/mol. The molecule has 3 heterocycles. The Balaban J connectivity index is 1.54. The van der Waals surface area contributed by atoms with Crippen molar-refractivity contribution in [3.8, 4) is 22.5 Å². The van der Waals surface area contributed by atoms with E-state index in [-0.39, 0.29) is 0 Å². The zero-order chi connectivity index (χ0) is 20.9. The molecule has 0 aliphatic carbocycles. The van der Waals surface area contributed by atoms with E-state index < -0.39 is 0 Å². The predicted molar refractivity (Wildman–Crippen MR) is 119 cm³/mol. The van der Waals surface area contributed by atoms with E-state index in [2.05, 4.69) is 40.5 Å². The van der Waals surface area contributed by atoms with Crippen molar-refractivity contribution in [2.45, 2.75) is 0 Å². The third-order valence-corrected chi connectivity index (χ3v) is 4.87. The molecule has 0 radical (unpaired) electrons. The number of rotatable bonds is 7. The van der Waals surface area contributed by atoms with Crippen molar-refractivity contribution in [2.75, 3.05) is 23.7 Å². The molecule has 8 nitrogen and oxygen atoms in total. The number of aromatic nitrogens is 6. The first-order valence-corrected chi connectivity index (χ1v) is 10.00. The smallest absolute Gasteiger partial charge is 0.223 e. The third kappa shape index (κ3) is 4.79. The summed E-state index contributed by atoms with van der Waals surface area (Å²) >= 11 is 18.3. The molecule has 3 N–H and O–H groups in total. The predicted octanol–water partition coefficient (Wildman–Crippen LogP) is 4.81. The fourth-order valence-electron chi connectivity index (χ4n) is 2.75. The second-order valence-electron chi connectivity index (χ2n) is 6.12. The molecule has 152 valence electrons. The average Bonchev–Trinajstić information content (AvgIpc) is 3.26. The lowest BCUT2D eigenvalue weighted by Gasteiger charge is -2.12. The largest absolute Gasteiger partial charge is 0.368 e. The summed E-state index contributed by atoms with van der Waals surface area (Å²) in [6.45, 7) is 1.13. The molecule has 4 rings (SSSR count). The molecule has 4 aromatic rings. The van der Waals surface area contributed by atoms with Crippen LogP contribution in [-0.4, -0.2) is 43.0 Å². The van der Waals surface area contributed by atoms with Crippen molar-refractivity contribution in [1.29, 1.82) is 0 Å². The van der Waals surface area contributed by atoms with Crippen molar-refractivity contribution in [1.82, 2.24) is 29.9 Å². The summed E-state index contributed by atoms with van der Waals surface area (Å²) in [6.07, 6.45) is 6.42. The summed E-state index contributed by atoms with van der Waals surface area (Å²) in [4.78, 5) is 24.2. The Kier molecular flexibility index (Phi) is 6.27. The summed E-state index contributed by atoms with van der Waals surface area (Å²) in [5.41, 5.74) is 2.96. The highest BCUT2D eigenvalue weighted by Crippen LogP contribution is 2.35. The van der Waals surface area contributed by atoms with E-state index >= 15 is 0 Å². The lowest BCUT2D eigenvalue weighted by molar-refractivity contribution is 1.01. The first kappa shape index (κ1) is 20.3. The van der Waals surface area contributed by atoms with E-state index in [0.29, 0.717) is 45.7 Å². The summed E-state index contributed by atoms with van der Waals surface area (Å²) < 4.78 is 0. The first-order chi connectivity index (χ1) is 14.6.